The third kappa shape index (κ3) is 4.59. The maximum atomic E-state index is 13.4. The van der Waals surface area contributed by atoms with Gasteiger partial charge in [0.1, 0.15) is 5.82 Å². The van der Waals surface area contributed by atoms with Crippen LogP contribution in [0.3, 0.4) is 0 Å². The second kappa shape index (κ2) is 8.28. The number of halogens is 1. The van der Waals surface area contributed by atoms with Crippen LogP contribution in [0.2, 0.25) is 0 Å². The van der Waals surface area contributed by atoms with Crippen molar-refractivity contribution in [3.8, 4) is 0 Å². The van der Waals surface area contributed by atoms with Crippen LogP contribution in [-0.2, 0) is 11.3 Å². The van der Waals surface area contributed by atoms with Crippen LogP contribution in [0, 0.1) is 11.7 Å². The molecular weight excluding hydrogens is 319 g/mol. The van der Waals surface area contributed by atoms with Gasteiger partial charge in [-0.25, -0.2) is 4.39 Å². The molecule has 3 rings (SSSR count). The second-order valence-corrected chi connectivity index (χ2v) is 7.54. The summed E-state index contributed by atoms with van der Waals surface area (Å²) in [6.45, 7) is 4.89. The Balaban J connectivity index is 1.63. The lowest BCUT2D eigenvalue weighted by Gasteiger charge is -2.41. The highest BCUT2D eigenvalue weighted by atomic mass is 19.1. The average molecular weight is 348 g/mol. The molecule has 0 radical (unpaired) electrons. The third-order valence-electron chi connectivity index (χ3n) is 5.54. The van der Waals surface area contributed by atoms with Crippen molar-refractivity contribution in [3.05, 3.63) is 35.6 Å². The highest BCUT2D eigenvalue weighted by Crippen LogP contribution is 2.26. The lowest BCUT2D eigenvalue weighted by molar-refractivity contribution is -0.144. The van der Waals surface area contributed by atoms with Crippen molar-refractivity contribution in [2.45, 2.75) is 57.7 Å². The molecule has 25 heavy (non-hydrogen) atoms. The number of rotatable bonds is 4. The molecule has 1 amide bonds. The monoisotopic (exact) mass is 348 g/mol. The van der Waals surface area contributed by atoms with E-state index in [1.54, 1.807) is 19.1 Å². The van der Waals surface area contributed by atoms with Gasteiger partial charge in [-0.15, -0.1) is 0 Å². The van der Waals surface area contributed by atoms with Gasteiger partial charge in [0.05, 0.1) is 18.1 Å². The fraction of sp³-hybridized carbons (Fsp3) is 0.650. The number of hydrogen-bond donors (Lipinski definition) is 1. The normalized spacial score (nSPS) is 26.4. The summed E-state index contributed by atoms with van der Waals surface area (Å²) in [5.41, 5.74) is 0.952. The number of nitrogens with zero attached hydrogens (tertiary/aromatic N) is 2. The Labute approximate surface area is 149 Å². The summed E-state index contributed by atoms with van der Waals surface area (Å²) in [6, 6.07) is 6.65. The van der Waals surface area contributed by atoms with Crippen molar-refractivity contribution in [1.29, 1.82) is 0 Å². The predicted octanol–water partition coefficient (Wildman–Crippen LogP) is 2.80. The van der Waals surface area contributed by atoms with Gasteiger partial charge in [-0.1, -0.05) is 12.1 Å². The molecule has 5 heteroatoms. The molecule has 2 saturated heterocycles. The van der Waals surface area contributed by atoms with E-state index >= 15 is 0 Å². The molecule has 1 aromatic carbocycles. The first kappa shape index (κ1) is 18.3. The minimum Gasteiger partial charge on any atom is -0.391 e. The van der Waals surface area contributed by atoms with E-state index < -0.39 is 6.10 Å². The number of aliphatic hydroxyl groups excluding tert-OH is 1. The average Bonchev–Trinajstić information content (AvgIpc) is 2.61. The molecule has 2 fully saturated rings. The first-order valence-corrected chi connectivity index (χ1v) is 9.50. The van der Waals surface area contributed by atoms with Gasteiger partial charge in [0.2, 0.25) is 5.91 Å². The van der Waals surface area contributed by atoms with Crippen molar-refractivity contribution in [1.82, 2.24) is 9.80 Å². The van der Waals surface area contributed by atoms with Gasteiger partial charge in [0.15, 0.2) is 0 Å². The van der Waals surface area contributed by atoms with Crippen molar-refractivity contribution in [2.75, 3.05) is 19.6 Å². The summed E-state index contributed by atoms with van der Waals surface area (Å²) in [5.74, 6) is -0.0357. The first-order chi connectivity index (χ1) is 12.0. The smallest absolute Gasteiger partial charge is 0.227 e. The van der Waals surface area contributed by atoms with Crippen molar-refractivity contribution in [2.24, 2.45) is 5.92 Å². The molecule has 0 bridgehead atoms. The van der Waals surface area contributed by atoms with E-state index in [1.165, 1.54) is 6.07 Å². The van der Waals surface area contributed by atoms with E-state index in [9.17, 15) is 14.3 Å². The SMILES string of the molecule is CC(O)C1CCCCN1C(=O)C1CCCN(Cc2cccc(F)c2)C1. The van der Waals surface area contributed by atoms with E-state index in [2.05, 4.69) is 4.90 Å². The predicted molar refractivity (Wildman–Crippen MR) is 95.4 cm³/mol. The van der Waals surface area contributed by atoms with E-state index in [4.69, 9.17) is 0 Å². The molecule has 1 N–H and O–H groups in total. The Morgan fingerprint density at radius 2 is 2.12 bits per heavy atom. The van der Waals surface area contributed by atoms with Gasteiger partial charge < -0.3 is 10.0 Å². The molecule has 0 spiro atoms. The first-order valence-electron chi connectivity index (χ1n) is 9.50. The van der Waals surface area contributed by atoms with Crippen LogP contribution in [0.15, 0.2) is 24.3 Å². The van der Waals surface area contributed by atoms with Crippen molar-refractivity contribution >= 4 is 5.91 Å². The van der Waals surface area contributed by atoms with Crippen molar-refractivity contribution < 1.29 is 14.3 Å². The third-order valence-corrected chi connectivity index (χ3v) is 5.54. The van der Waals surface area contributed by atoms with Gasteiger partial charge >= 0.3 is 0 Å². The maximum Gasteiger partial charge on any atom is 0.227 e. The van der Waals surface area contributed by atoms with Crippen molar-refractivity contribution in [3.63, 3.8) is 0 Å². The zero-order valence-electron chi connectivity index (χ0n) is 15.0. The molecule has 2 aliphatic heterocycles. The molecule has 1 aromatic rings. The number of hydrogen-bond acceptors (Lipinski definition) is 3. The fourth-order valence-electron chi connectivity index (χ4n) is 4.26. The molecule has 4 nitrogen and oxygen atoms in total. The second-order valence-electron chi connectivity index (χ2n) is 7.54. The minimum atomic E-state index is -0.476. The Hall–Kier alpha value is -1.46. The highest BCUT2D eigenvalue weighted by molar-refractivity contribution is 5.79. The van der Waals surface area contributed by atoms with Crippen LogP contribution in [0.1, 0.15) is 44.6 Å². The quantitative estimate of drug-likeness (QED) is 0.910. The number of carbonyl (C=O) groups is 1. The Kier molecular flexibility index (Phi) is 6.07. The fourth-order valence-corrected chi connectivity index (χ4v) is 4.26. The topological polar surface area (TPSA) is 43.8 Å². The molecular formula is C20H29FN2O2. The molecule has 0 aromatic heterocycles. The highest BCUT2D eigenvalue weighted by Gasteiger charge is 2.35. The van der Waals surface area contributed by atoms with Gasteiger partial charge in [0.25, 0.3) is 0 Å². The minimum absolute atomic E-state index is 0.0124. The zero-order valence-corrected chi connectivity index (χ0v) is 15.0. The van der Waals surface area contributed by atoms with Crippen LogP contribution in [0.4, 0.5) is 4.39 Å². The van der Waals surface area contributed by atoms with Gasteiger partial charge in [-0.2, -0.15) is 0 Å². The molecule has 2 heterocycles. The summed E-state index contributed by atoms with van der Waals surface area (Å²) in [4.78, 5) is 17.2. The van der Waals surface area contributed by atoms with Crippen LogP contribution >= 0.6 is 0 Å². The lowest BCUT2D eigenvalue weighted by Crippen LogP contribution is -2.53. The van der Waals surface area contributed by atoms with Crippen LogP contribution in [0.25, 0.3) is 0 Å². The molecule has 3 unspecified atom stereocenters. The molecule has 2 aliphatic rings. The largest absolute Gasteiger partial charge is 0.391 e. The zero-order chi connectivity index (χ0) is 17.8. The molecule has 0 saturated carbocycles. The Morgan fingerprint density at radius 3 is 2.88 bits per heavy atom. The molecule has 0 aliphatic carbocycles. The number of carbonyl (C=O) groups excluding carboxylic acids is 1. The number of aliphatic hydroxyl groups is 1. The van der Waals surface area contributed by atoms with Gasteiger partial charge in [-0.3, -0.25) is 9.69 Å². The molecule has 3 atom stereocenters. The Bertz CT molecular complexity index is 593. The molecule has 138 valence electrons. The number of benzene rings is 1. The van der Waals surface area contributed by atoms with E-state index in [0.717, 1.165) is 57.3 Å². The standard InChI is InChI=1S/C20H29FN2O2/c1-15(24)19-9-2-3-11-23(19)20(25)17-7-5-10-22(14-17)13-16-6-4-8-18(21)12-16/h4,6,8,12,15,17,19,24H,2-3,5,7,9-11,13-14H2,1H3. The Morgan fingerprint density at radius 1 is 1.28 bits per heavy atom. The summed E-state index contributed by atoms with van der Waals surface area (Å²) < 4.78 is 13.4. The van der Waals surface area contributed by atoms with E-state index in [1.807, 2.05) is 11.0 Å². The number of piperidine rings is 2. The summed E-state index contributed by atoms with van der Waals surface area (Å²) >= 11 is 0. The van der Waals surface area contributed by atoms with Crippen LogP contribution in [-0.4, -0.2) is 52.6 Å². The van der Waals surface area contributed by atoms with Crippen LogP contribution in [0.5, 0.6) is 0 Å². The summed E-state index contributed by atoms with van der Waals surface area (Å²) in [5, 5.41) is 10.0. The summed E-state index contributed by atoms with van der Waals surface area (Å²) in [6.07, 6.45) is 4.41. The van der Waals surface area contributed by atoms with Gasteiger partial charge in [-0.05, 0) is 63.3 Å². The van der Waals surface area contributed by atoms with Crippen LogP contribution < -0.4 is 0 Å². The number of amides is 1. The lowest BCUT2D eigenvalue weighted by atomic mass is 9.92. The van der Waals surface area contributed by atoms with E-state index in [0.29, 0.717) is 6.54 Å². The van der Waals surface area contributed by atoms with E-state index in [-0.39, 0.29) is 23.7 Å². The maximum absolute atomic E-state index is 13.4. The van der Waals surface area contributed by atoms with Gasteiger partial charge in [0, 0.05) is 19.6 Å². The number of likely N-dealkylation sites (tertiary alicyclic amines) is 2. The summed E-state index contributed by atoms with van der Waals surface area (Å²) in [7, 11) is 0.